The Morgan fingerprint density at radius 3 is 2.45 bits per heavy atom. The normalized spacial score (nSPS) is 12.8. The van der Waals surface area contributed by atoms with E-state index in [2.05, 4.69) is 15.6 Å². The fourth-order valence-corrected chi connectivity index (χ4v) is 3.52. The van der Waals surface area contributed by atoms with Crippen molar-refractivity contribution in [2.24, 2.45) is 5.92 Å². The molecule has 0 aliphatic rings. The van der Waals surface area contributed by atoms with Gasteiger partial charge < -0.3 is 15.4 Å². The minimum atomic E-state index is -1.09. The summed E-state index contributed by atoms with van der Waals surface area (Å²) < 4.78 is 5.34. The van der Waals surface area contributed by atoms with Crippen LogP contribution >= 0.6 is 11.6 Å². The molecule has 2 N–H and O–H groups in total. The zero-order valence-electron chi connectivity index (χ0n) is 18.7. The number of rotatable bonds is 8. The number of fused-ring (bicyclic) bond motifs is 1. The number of carbonyl (C=O) groups excluding carboxylic acids is 3. The first-order valence-corrected chi connectivity index (χ1v) is 11.0. The smallest absolute Gasteiger partial charge is 0.329 e. The first-order chi connectivity index (χ1) is 15.8. The molecule has 0 fully saturated rings. The lowest BCUT2D eigenvalue weighted by molar-refractivity contribution is -0.157. The first-order valence-electron chi connectivity index (χ1n) is 10.6. The number of anilines is 1. The molecule has 0 saturated carbocycles. The Hall–Kier alpha value is -3.45. The van der Waals surface area contributed by atoms with Crippen LogP contribution in [0.3, 0.4) is 0 Å². The summed E-state index contributed by atoms with van der Waals surface area (Å²) in [6, 6.07) is 15.9. The second kappa shape index (κ2) is 10.9. The maximum Gasteiger partial charge on any atom is 0.329 e. The third-order valence-corrected chi connectivity index (χ3v) is 5.45. The third-order valence-electron chi connectivity index (χ3n) is 5.15. The summed E-state index contributed by atoms with van der Waals surface area (Å²) in [5.41, 5.74) is 1.18. The van der Waals surface area contributed by atoms with Crippen LogP contribution < -0.4 is 10.6 Å². The van der Waals surface area contributed by atoms with E-state index in [1.807, 2.05) is 42.5 Å². The van der Waals surface area contributed by atoms with E-state index < -0.39 is 24.0 Å². The van der Waals surface area contributed by atoms with Gasteiger partial charge in [-0.15, -0.1) is 0 Å². The summed E-state index contributed by atoms with van der Waals surface area (Å²) in [4.78, 5) is 41.8. The number of carbonyl (C=O) groups is 3. The molecule has 2 amide bonds. The van der Waals surface area contributed by atoms with Crippen molar-refractivity contribution in [3.05, 3.63) is 71.5 Å². The van der Waals surface area contributed by atoms with Gasteiger partial charge in [0, 0.05) is 6.20 Å². The molecule has 33 heavy (non-hydrogen) atoms. The van der Waals surface area contributed by atoms with Crippen LogP contribution in [0.2, 0.25) is 5.15 Å². The number of nitrogens with one attached hydrogen (secondary N) is 2. The monoisotopic (exact) mass is 467 g/mol. The average Bonchev–Trinajstić information content (AvgIpc) is 2.79. The van der Waals surface area contributed by atoms with Crippen LogP contribution in [-0.4, -0.2) is 34.9 Å². The second-order valence-corrected chi connectivity index (χ2v) is 8.37. The van der Waals surface area contributed by atoms with Crippen molar-refractivity contribution < 1.29 is 19.1 Å². The molecular weight excluding hydrogens is 442 g/mol. The van der Waals surface area contributed by atoms with Gasteiger partial charge in [-0.25, -0.2) is 9.78 Å². The minimum absolute atomic E-state index is 0.118. The minimum Gasteiger partial charge on any atom is -0.451 e. The van der Waals surface area contributed by atoms with Crippen LogP contribution in [0.4, 0.5) is 5.69 Å². The zero-order valence-corrected chi connectivity index (χ0v) is 19.4. The molecule has 3 aromatic rings. The summed E-state index contributed by atoms with van der Waals surface area (Å²) in [6.07, 6.45) is 0.521. The summed E-state index contributed by atoms with van der Waals surface area (Å²) in [5, 5.41) is 7.48. The van der Waals surface area contributed by atoms with Crippen LogP contribution in [0.5, 0.6) is 0 Å². The molecule has 0 saturated heterocycles. The molecule has 0 bridgehead atoms. The first kappa shape index (κ1) is 24.2. The Morgan fingerprint density at radius 2 is 1.73 bits per heavy atom. The van der Waals surface area contributed by atoms with Gasteiger partial charge in [-0.05, 0) is 41.3 Å². The Kier molecular flexibility index (Phi) is 8.01. The number of ether oxygens (including phenoxy) is 1. The summed E-state index contributed by atoms with van der Waals surface area (Å²) >= 11 is 5.95. The van der Waals surface area contributed by atoms with Crippen molar-refractivity contribution in [2.45, 2.75) is 39.3 Å². The molecular formula is C25H26ClN3O4. The molecule has 7 nitrogen and oxygen atoms in total. The lowest BCUT2D eigenvalue weighted by Gasteiger charge is -2.23. The van der Waals surface area contributed by atoms with Gasteiger partial charge in [0.2, 0.25) is 5.91 Å². The van der Waals surface area contributed by atoms with E-state index in [0.717, 1.165) is 16.3 Å². The SMILES string of the molecule is CC(C)[C@H](NC(=O)Cc1cccc2ccccc12)C(=O)O[C@H](C)C(=O)Nc1cccnc1Cl. The molecule has 0 aliphatic carbocycles. The van der Waals surface area contributed by atoms with Crippen LogP contribution in [0.15, 0.2) is 60.8 Å². The predicted octanol–water partition coefficient (Wildman–Crippen LogP) is 4.14. The van der Waals surface area contributed by atoms with E-state index in [1.54, 1.807) is 26.0 Å². The van der Waals surface area contributed by atoms with Gasteiger partial charge in [-0.2, -0.15) is 0 Å². The topological polar surface area (TPSA) is 97.4 Å². The molecule has 0 radical (unpaired) electrons. The number of amides is 2. The molecule has 8 heteroatoms. The molecule has 0 aliphatic heterocycles. The van der Waals surface area contributed by atoms with Gasteiger partial charge >= 0.3 is 5.97 Å². The number of hydrogen-bond acceptors (Lipinski definition) is 5. The highest BCUT2D eigenvalue weighted by atomic mass is 35.5. The van der Waals surface area contributed by atoms with E-state index in [0.29, 0.717) is 5.69 Å². The standard InChI is InChI=1S/C25H26ClN3O4/c1-15(2)22(25(32)33-16(3)24(31)28-20-12-7-13-27-23(20)26)29-21(30)14-18-10-6-9-17-8-4-5-11-19(17)18/h4-13,15-16,22H,14H2,1-3H3,(H,28,31)(H,29,30)/t16-,22+/m1/s1. The number of hydrogen-bond donors (Lipinski definition) is 2. The highest BCUT2D eigenvalue weighted by Crippen LogP contribution is 2.20. The number of benzene rings is 2. The molecule has 172 valence electrons. The Labute approximate surface area is 197 Å². The number of esters is 1. The lowest BCUT2D eigenvalue weighted by atomic mass is 10.0. The van der Waals surface area contributed by atoms with Gasteiger partial charge in [-0.3, -0.25) is 9.59 Å². The molecule has 2 aromatic carbocycles. The van der Waals surface area contributed by atoms with E-state index in [4.69, 9.17) is 16.3 Å². The highest BCUT2D eigenvalue weighted by Gasteiger charge is 2.29. The molecule has 0 unspecified atom stereocenters. The Morgan fingerprint density at radius 1 is 1.00 bits per heavy atom. The van der Waals surface area contributed by atoms with Crippen molar-refractivity contribution in [1.82, 2.24) is 10.3 Å². The van der Waals surface area contributed by atoms with Crippen molar-refractivity contribution in [3.8, 4) is 0 Å². The van der Waals surface area contributed by atoms with E-state index in [1.165, 1.54) is 13.1 Å². The van der Waals surface area contributed by atoms with Crippen molar-refractivity contribution in [3.63, 3.8) is 0 Å². The average molecular weight is 468 g/mol. The van der Waals surface area contributed by atoms with Gasteiger partial charge in [-0.1, -0.05) is 67.9 Å². The quantitative estimate of drug-likeness (QED) is 0.383. The number of halogens is 1. The fourth-order valence-electron chi connectivity index (χ4n) is 3.36. The van der Waals surface area contributed by atoms with Crippen LogP contribution in [0, 0.1) is 5.92 Å². The van der Waals surface area contributed by atoms with Crippen LogP contribution in [-0.2, 0) is 25.5 Å². The number of nitrogens with zero attached hydrogens (tertiary/aromatic N) is 1. The number of aromatic nitrogens is 1. The van der Waals surface area contributed by atoms with Gasteiger partial charge in [0.15, 0.2) is 11.3 Å². The fraction of sp³-hybridized carbons (Fsp3) is 0.280. The highest BCUT2D eigenvalue weighted by molar-refractivity contribution is 6.32. The zero-order chi connectivity index (χ0) is 24.0. The van der Waals surface area contributed by atoms with E-state index in [9.17, 15) is 14.4 Å². The largest absolute Gasteiger partial charge is 0.451 e. The number of pyridine rings is 1. The maximum absolute atomic E-state index is 12.8. The molecule has 1 aromatic heterocycles. The summed E-state index contributed by atoms with van der Waals surface area (Å²) in [6.45, 7) is 5.04. The van der Waals surface area contributed by atoms with Gasteiger partial charge in [0.25, 0.3) is 5.91 Å². The molecule has 3 rings (SSSR count). The van der Waals surface area contributed by atoms with E-state index >= 15 is 0 Å². The van der Waals surface area contributed by atoms with Crippen LogP contribution in [0.25, 0.3) is 10.8 Å². The van der Waals surface area contributed by atoms with Gasteiger partial charge in [0.05, 0.1) is 12.1 Å². The van der Waals surface area contributed by atoms with Crippen molar-refractivity contribution >= 4 is 45.8 Å². The molecule has 2 atom stereocenters. The second-order valence-electron chi connectivity index (χ2n) is 8.01. The summed E-state index contributed by atoms with van der Waals surface area (Å²) in [7, 11) is 0. The molecule has 1 heterocycles. The van der Waals surface area contributed by atoms with Crippen molar-refractivity contribution in [2.75, 3.05) is 5.32 Å². The maximum atomic E-state index is 12.8. The third kappa shape index (κ3) is 6.29. The van der Waals surface area contributed by atoms with Crippen molar-refractivity contribution in [1.29, 1.82) is 0 Å². The predicted molar refractivity (Wildman–Crippen MR) is 128 cm³/mol. The van der Waals surface area contributed by atoms with Crippen LogP contribution in [0.1, 0.15) is 26.3 Å². The molecule has 0 spiro atoms. The lowest BCUT2D eigenvalue weighted by Crippen LogP contribution is -2.47. The Balaban J connectivity index is 1.63. The summed E-state index contributed by atoms with van der Waals surface area (Å²) in [5.74, 6) is -1.78. The van der Waals surface area contributed by atoms with Gasteiger partial charge in [0.1, 0.15) is 6.04 Å². The van der Waals surface area contributed by atoms with E-state index in [-0.39, 0.29) is 23.4 Å². The Bertz CT molecular complexity index is 1160.